The average molecular weight is 563 g/mol. The van der Waals surface area contributed by atoms with Crippen LogP contribution in [0.25, 0.3) is 10.8 Å². The number of carbonyl (C=O) groups is 2. The van der Waals surface area contributed by atoms with Crippen LogP contribution < -0.4 is 8.61 Å². The van der Waals surface area contributed by atoms with Crippen LogP contribution in [0.1, 0.15) is 0 Å². The maximum absolute atomic E-state index is 13.5. The summed E-state index contributed by atoms with van der Waals surface area (Å²) in [7, 11) is -5.81. The zero-order valence-corrected chi connectivity index (χ0v) is 21.7. The van der Waals surface area contributed by atoms with Crippen molar-refractivity contribution in [2.75, 3.05) is 21.7 Å². The van der Waals surface area contributed by atoms with Gasteiger partial charge in [0.2, 0.25) is 0 Å². The summed E-state index contributed by atoms with van der Waals surface area (Å²) in [5.41, 5.74) is -0.102. The fourth-order valence-electron chi connectivity index (χ4n) is 3.87. The molecule has 200 valence electrons. The minimum absolute atomic E-state index is 0.0512. The molecule has 2 aromatic heterocycles. The van der Waals surface area contributed by atoms with Gasteiger partial charge in [-0.15, -0.1) is 0 Å². The Bertz CT molecular complexity index is 1630. The third-order valence-electron chi connectivity index (χ3n) is 5.51. The van der Waals surface area contributed by atoms with Crippen molar-refractivity contribution in [2.24, 2.45) is 14.1 Å². The van der Waals surface area contributed by atoms with Gasteiger partial charge in [0.25, 0.3) is 20.0 Å². The summed E-state index contributed by atoms with van der Waals surface area (Å²) in [6, 6.07) is 8.56. The molecule has 0 aliphatic heterocycles. The van der Waals surface area contributed by atoms with Crippen LogP contribution in [0.5, 0.6) is 0 Å². The highest BCUT2D eigenvalue weighted by Crippen LogP contribution is 2.38. The SMILES string of the molecule is Cn1cc(S(=O)(=O)N(CC(=O)O)c2ccc(N(CC(=O)O)S(=O)(=O)c3cnn(C)c3)c3ccccc23)cn1. The molecule has 0 aliphatic rings. The van der Waals surface area contributed by atoms with E-state index in [-0.39, 0.29) is 31.9 Å². The van der Waals surface area contributed by atoms with E-state index < -0.39 is 45.1 Å². The van der Waals surface area contributed by atoms with Crippen molar-refractivity contribution in [2.45, 2.75) is 9.79 Å². The molecule has 0 radical (unpaired) electrons. The van der Waals surface area contributed by atoms with Gasteiger partial charge >= 0.3 is 11.9 Å². The van der Waals surface area contributed by atoms with Gasteiger partial charge in [0, 0.05) is 37.3 Å². The molecule has 2 aromatic carbocycles. The molecule has 14 nitrogen and oxygen atoms in total. The lowest BCUT2D eigenvalue weighted by atomic mass is 10.1. The predicted molar refractivity (Wildman–Crippen MR) is 135 cm³/mol. The van der Waals surface area contributed by atoms with Crippen LogP contribution in [0.3, 0.4) is 0 Å². The molecule has 0 saturated carbocycles. The van der Waals surface area contributed by atoms with Gasteiger partial charge in [-0.3, -0.25) is 27.6 Å². The molecule has 2 heterocycles. The quantitative estimate of drug-likeness (QED) is 0.281. The summed E-state index contributed by atoms with van der Waals surface area (Å²) < 4.78 is 57.7. The van der Waals surface area contributed by atoms with E-state index in [1.807, 2.05) is 0 Å². The van der Waals surface area contributed by atoms with Crippen molar-refractivity contribution in [3.8, 4) is 0 Å². The number of aromatic nitrogens is 4. The number of nitrogens with zero attached hydrogens (tertiary/aromatic N) is 6. The van der Waals surface area contributed by atoms with Crippen molar-refractivity contribution < 1.29 is 36.6 Å². The van der Waals surface area contributed by atoms with Crippen LogP contribution in [0, 0.1) is 0 Å². The first-order valence-corrected chi connectivity index (χ1v) is 13.7. The molecular formula is C22H22N6O8S2. The Hall–Kier alpha value is -4.44. The number of carboxylic acids is 2. The normalized spacial score (nSPS) is 11.9. The minimum atomic E-state index is -4.41. The summed E-state index contributed by atoms with van der Waals surface area (Å²) in [5.74, 6) is -2.87. The Labute approximate surface area is 217 Å². The maximum atomic E-state index is 13.5. The zero-order valence-electron chi connectivity index (χ0n) is 20.0. The first kappa shape index (κ1) is 26.6. The van der Waals surface area contributed by atoms with Gasteiger partial charge in [0.05, 0.1) is 23.8 Å². The van der Waals surface area contributed by atoms with Gasteiger partial charge in [0.15, 0.2) is 0 Å². The summed E-state index contributed by atoms with van der Waals surface area (Å²) in [4.78, 5) is 22.9. The molecule has 0 atom stereocenters. The molecule has 0 spiro atoms. The number of aryl methyl sites for hydroxylation is 2. The highest BCUT2D eigenvalue weighted by Gasteiger charge is 2.33. The summed E-state index contributed by atoms with van der Waals surface area (Å²) >= 11 is 0. The van der Waals surface area contributed by atoms with Gasteiger partial charge in [-0.1, -0.05) is 24.3 Å². The summed E-state index contributed by atoms with van der Waals surface area (Å²) in [6.45, 7) is -1.87. The van der Waals surface area contributed by atoms with Gasteiger partial charge < -0.3 is 10.2 Å². The second-order valence-corrected chi connectivity index (χ2v) is 11.9. The number of aliphatic carboxylic acids is 2. The lowest BCUT2D eigenvalue weighted by Crippen LogP contribution is -2.37. The Morgan fingerprint density at radius 2 is 1.11 bits per heavy atom. The first-order valence-electron chi connectivity index (χ1n) is 10.8. The van der Waals surface area contributed by atoms with E-state index in [9.17, 15) is 36.6 Å². The van der Waals surface area contributed by atoms with Crippen LogP contribution in [-0.4, -0.2) is 71.6 Å². The largest absolute Gasteiger partial charge is 0.480 e. The molecular weight excluding hydrogens is 540 g/mol. The monoisotopic (exact) mass is 562 g/mol. The van der Waals surface area contributed by atoms with E-state index in [1.54, 1.807) is 12.1 Å². The van der Waals surface area contributed by atoms with Crippen LogP contribution in [0.2, 0.25) is 0 Å². The van der Waals surface area contributed by atoms with E-state index in [2.05, 4.69) is 10.2 Å². The topological polar surface area (TPSA) is 185 Å². The van der Waals surface area contributed by atoms with Crippen molar-refractivity contribution >= 4 is 54.1 Å². The van der Waals surface area contributed by atoms with E-state index in [0.717, 1.165) is 12.4 Å². The van der Waals surface area contributed by atoms with Gasteiger partial charge in [0.1, 0.15) is 22.9 Å². The molecule has 0 bridgehead atoms. The van der Waals surface area contributed by atoms with Crippen molar-refractivity contribution in [1.29, 1.82) is 0 Å². The smallest absolute Gasteiger partial charge is 0.324 e. The Kier molecular flexibility index (Phi) is 6.86. The molecule has 0 amide bonds. The molecule has 2 N–H and O–H groups in total. The standard InChI is InChI=1S/C22H22N6O8S2/c1-25-11-15(9-23-25)37(33,34)27(13-21(29)30)19-7-8-20(18-6-4-3-5-17(18)19)28(14-22(31)32)38(35,36)16-10-24-26(2)12-16/h3-12H,13-14H2,1-2H3,(H,29,30)(H,31,32). The predicted octanol–water partition coefficient (Wildman–Crippen LogP) is 0.867. The van der Waals surface area contributed by atoms with E-state index in [4.69, 9.17) is 0 Å². The molecule has 0 fully saturated rings. The second-order valence-electron chi connectivity index (χ2n) is 8.16. The number of anilines is 2. The Morgan fingerprint density at radius 3 is 1.39 bits per heavy atom. The molecule has 16 heteroatoms. The van der Waals surface area contributed by atoms with Crippen LogP contribution in [-0.2, 0) is 43.7 Å². The fraction of sp³-hybridized carbons (Fsp3) is 0.182. The average Bonchev–Trinajstić information content (AvgIpc) is 3.49. The highest BCUT2D eigenvalue weighted by molar-refractivity contribution is 7.93. The lowest BCUT2D eigenvalue weighted by Gasteiger charge is -2.27. The molecule has 0 aliphatic carbocycles. The maximum Gasteiger partial charge on any atom is 0.324 e. The number of fused-ring (bicyclic) bond motifs is 1. The van der Waals surface area contributed by atoms with E-state index in [1.165, 1.54) is 60.1 Å². The number of benzene rings is 2. The fourth-order valence-corrected chi connectivity index (χ4v) is 6.70. The van der Waals surface area contributed by atoms with Crippen LogP contribution in [0.4, 0.5) is 11.4 Å². The third kappa shape index (κ3) is 4.90. The lowest BCUT2D eigenvalue weighted by molar-refractivity contribution is -0.136. The zero-order chi connectivity index (χ0) is 27.8. The third-order valence-corrected chi connectivity index (χ3v) is 8.94. The van der Waals surface area contributed by atoms with Crippen LogP contribution in [0.15, 0.2) is 71.0 Å². The van der Waals surface area contributed by atoms with Gasteiger partial charge in [-0.25, -0.2) is 16.8 Å². The molecule has 0 unspecified atom stereocenters. The Balaban J connectivity index is 1.95. The number of hydrogen-bond donors (Lipinski definition) is 2. The van der Waals surface area contributed by atoms with Crippen LogP contribution >= 0.6 is 0 Å². The van der Waals surface area contributed by atoms with E-state index in [0.29, 0.717) is 8.61 Å². The number of carboxylic acid groups (broad SMARTS) is 2. The summed E-state index contributed by atoms with van der Waals surface area (Å²) in [6.07, 6.45) is 4.59. The van der Waals surface area contributed by atoms with E-state index >= 15 is 0 Å². The highest BCUT2D eigenvalue weighted by atomic mass is 32.2. The second kappa shape index (κ2) is 9.79. The molecule has 4 aromatic rings. The molecule has 38 heavy (non-hydrogen) atoms. The summed E-state index contributed by atoms with van der Waals surface area (Å²) in [5, 5.41) is 27.1. The molecule has 0 saturated heterocycles. The molecule has 4 rings (SSSR count). The number of rotatable bonds is 10. The van der Waals surface area contributed by atoms with Gasteiger partial charge in [-0.05, 0) is 12.1 Å². The van der Waals surface area contributed by atoms with Gasteiger partial charge in [-0.2, -0.15) is 10.2 Å². The minimum Gasteiger partial charge on any atom is -0.480 e. The first-order chi connectivity index (χ1) is 17.8. The number of hydrogen-bond acceptors (Lipinski definition) is 8. The van der Waals surface area contributed by atoms with Crippen molar-refractivity contribution in [3.05, 3.63) is 61.2 Å². The Morgan fingerprint density at radius 1 is 0.737 bits per heavy atom. The number of sulfonamides is 2. The van der Waals surface area contributed by atoms with Crippen molar-refractivity contribution in [1.82, 2.24) is 19.6 Å². The van der Waals surface area contributed by atoms with Crippen molar-refractivity contribution in [3.63, 3.8) is 0 Å².